The Kier molecular flexibility index (Phi) is 14.2. The Hall–Kier alpha value is -6.97. The van der Waals surface area contributed by atoms with Crippen LogP contribution in [0.1, 0.15) is 79.3 Å². The Morgan fingerprint density at radius 2 is 1.61 bits per heavy atom. The molecule has 0 fully saturated rings. The summed E-state index contributed by atoms with van der Waals surface area (Å²) in [5, 5.41) is 13.0. The zero-order chi connectivity index (χ0) is 43.5. The largest absolute Gasteiger partial charge is 0.497 e. The number of rotatable bonds is 18. The number of nitrogens with one attached hydrogen (secondary N) is 4. The number of carbonyl (C=O) groups is 3. The Balaban J connectivity index is 1.25. The molecule has 0 saturated carbocycles. The molecule has 0 aliphatic heterocycles. The number of ether oxygens (including phenoxy) is 2. The number of aromatic nitrogens is 6. The Morgan fingerprint density at radius 3 is 2.25 bits per heavy atom. The summed E-state index contributed by atoms with van der Waals surface area (Å²) in [4.78, 5) is 58.1. The molecular formula is C45H54N10O6. The van der Waals surface area contributed by atoms with Gasteiger partial charge in [-0.3, -0.25) is 9.59 Å². The van der Waals surface area contributed by atoms with Crippen LogP contribution in [0.4, 0.5) is 10.7 Å². The summed E-state index contributed by atoms with van der Waals surface area (Å²) in [5.41, 5.74) is 11.6. The molecule has 16 heteroatoms. The first-order valence-corrected chi connectivity index (χ1v) is 20.2. The van der Waals surface area contributed by atoms with Crippen LogP contribution in [0, 0.1) is 13.8 Å². The maximum Gasteiger partial charge on any atom is 0.408 e. The van der Waals surface area contributed by atoms with E-state index in [1.54, 1.807) is 57.4 Å². The summed E-state index contributed by atoms with van der Waals surface area (Å²) >= 11 is 0. The number of methoxy groups -OCH3 is 1. The van der Waals surface area contributed by atoms with E-state index in [-0.39, 0.29) is 25.2 Å². The number of alkyl carbamates (subject to hydrolysis) is 1. The van der Waals surface area contributed by atoms with Crippen LogP contribution in [-0.2, 0) is 40.1 Å². The van der Waals surface area contributed by atoms with Crippen LogP contribution in [0.3, 0.4) is 0 Å². The minimum absolute atomic E-state index is 0.118. The lowest BCUT2D eigenvalue weighted by atomic mass is 9.95. The lowest BCUT2D eigenvalue weighted by molar-refractivity contribution is -0.130. The van der Waals surface area contributed by atoms with Gasteiger partial charge in [0, 0.05) is 44.4 Å². The van der Waals surface area contributed by atoms with E-state index in [1.807, 2.05) is 56.3 Å². The van der Waals surface area contributed by atoms with Crippen LogP contribution < -0.4 is 26.4 Å². The standard InChI is InChI=1S/C45H54N10O6/c1-28-21-34(59-6)22-29(2)35(28)25-37(50-40(56)36(52-44(58)60-45(3,4)5)13-10-19-55-20-18-48-43(55)46)41(57)51-38(24-33-26-47-27-49-33)42-53-39(54-61-42)23-30-14-16-32(17-15-30)31-11-8-7-9-12-31/h7-9,11-12,14-18,20-22,26-27,36-38H,10,13,19,23-25H2,1-6H3,(H2,46,48)(H,47,49)(H,50,56)(H,51,57)(H,52,58)/t36-,37+,38+/m1/s1. The van der Waals surface area contributed by atoms with E-state index >= 15 is 0 Å². The van der Waals surface area contributed by atoms with Gasteiger partial charge in [0.05, 0.1) is 19.1 Å². The van der Waals surface area contributed by atoms with Gasteiger partial charge in [0.1, 0.15) is 29.5 Å². The molecule has 3 amide bonds. The van der Waals surface area contributed by atoms with Crippen LogP contribution in [0.15, 0.2) is 96.2 Å². The highest BCUT2D eigenvalue weighted by molar-refractivity contribution is 5.91. The first kappa shape index (κ1) is 43.6. The van der Waals surface area contributed by atoms with Crippen LogP contribution in [0.25, 0.3) is 11.1 Å². The number of hydrogen-bond donors (Lipinski definition) is 5. The van der Waals surface area contributed by atoms with Crippen molar-refractivity contribution in [2.75, 3.05) is 12.8 Å². The maximum absolute atomic E-state index is 14.6. The lowest BCUT2D eigenvalue weighted by Gasteiger charge is -2.27. The second kappa shape index (κ2) is 19.9. The summed E-state index contributed by atoms with van der Waals surface area (Å²) in [7, 11) is 1.59. The zero-order valence-corrected chi connectivity index (χ0v) is 35.4. The molecule has 3 atom stereocenters. The molecule has 0 spiro atoms. The van der Waals surface area contributed by atoms with Crippen molar-refractivity contribution in [2.24, 2.45) is 0 Å². The van der Waals surface area contributed by atoms with Crippen LogP contribution in [0.5, 0.6) is 5.75 Å². The third-order valence-electron chi connectivity index (χ3n) is 10.1. The van der Waals surface area contributed by atoms with E-state index in [0.29, 0.717) is 42.6 Å². The van der Waals surface area contributed by atoms with Gasteiger partial charge in [0.15, 0.2) is 11.8 Å². The molecule has 3 heterocycles. The number of carbonyl (C=O) groups excluding carboxylic acids is 3. The molecule has 0 aliphatic rings. The first-order valence-electron chi connectivity index (χ1n) is 20.2. The monoisotopic (exact) mass is 830 g/mol. The highest BCUT2D eigenvalue weighted by Crippen LogP contribution is 2.25. The third-order valence-corrected chi connectivity index (χ3v) is 10.1. The minimum Gasteiger partial charge on any atom is -0.497 e. The quantitative estimate of drug-likeness (QED) is 0.0681. The van der Waals surface area contributed by atoms with Gasteiger partial charge in [-0.25, -0.2) is 14.8 Å². The van der Waals surface area contributed by atoms with Gasteiger partial charge in [0.25, 0.3) is 0 Å². The molecule has 0 saturated heterocycles. The predicted molar refractivity (Wildman–Crippen MR) is 229 cm³/mol. The van der Waals surface area contributed by atoms with Crippen molar-refractivity contribution in [3.05, 3.63) is 131 Å². The van der Waals surface area contributed by atoms with Gasteiger partial charge in [-0.05, 0) is 93.0 Å². The second-order valence-corrected chi connectivity index (χ2v) is 15.9. The fourth-order valence-corrected chi connectivity index (χ4v) is 6.99. The molecule has 61 heavy (non-hydrogen) atoms. The molecular weight excluding hydrogens is 777 g/mol. The molecule has 320 valence electrons. The van der Waals surface area contributed by atoms with Crippen molar-refractivity contribution in [1.29, 1.82) is 0 Å². The molecule has 6 N–H and O–H groups in total. The number of aryl methyl sites for hydroxylation is 3. The van der Waals surface area contributed by atoms with E-state index in [9.17, 15) is 14.4 Å². The zero-order valence-electron chi connectivity index (χ0n) is 35.4. The number of imidazole rings is 2. The molecule has 6 rings (SSSR count). The molecule has 0 radical (unpaired) electrons. The minimum atomic E-state index is -1.11. The summed E-state index contributed by atoms with van der Waals surface area (Å²) in [6.07, 6.45) is 7.21. The third kappa shape index (κ3) is 12.3. The molecule has 0 bridgehead atoms. The van der Waals surface area contributed by atoms with Crippen molar-refractivity contribution >= 4 is 23.9 Å². The van der Waals surface area contributed by atoms with Crippen LogP contribution in [0.2, 0.25) is 0 Å². The summed E-state index contributed by atoms with van der Waals surface area (Å²) in [5.74, 6) is 0.530. The summed E-state index contributed by atoms with van der Waals surface area (Å²) in [6, 6.07) is 19.0. The number of H-pyrrole nitrogens is 1. The lowest BCUT2D eigenvalue weighted by Crippen LogP contribution is -2.55. The van der Waals surface area contributed by atoms with E-state index < -0.39 is 41.6 Å². The Labute approximate surface area is 355 Å². The average molecular weight is 831 g/mol. The van der Waals surface area contributed by atoms with Gasteiger partial charge in [0.2, 0.25) is 17.7 Å². The Morgan fingerprint density at radius 1 is 0.902 bits per heavy atom. The fourth-order valence-electron chi connectivity index (χ4n) is 6.99. The number of amides is 3. The van der Waals surface area contributed by atoms with E-state index in [1.165, 1.54) is 0 Å². The molecule has 16 nitrogen and oxygen atoms in total. The van der Waals surface area contributed by atoms with Crippen molar-refractivity contribution in [3.8, 4) is 16.9 Å². The first-order chi connectivity index (χ1) is 29.2. The van der Waals surface area contributed by atoms with Crippen LogP contribution in [-0.4, -0.2) is 72.4 Å². The summed E-state index contributed by atoms with van der Waals surface area (Å²) in [6.45, 7) is 9.49. The molecule has 3 aromatic heterocycles. The number of benzene rings is 3. The highest BCUT2D eigenvalue weighted by Gasteiger charge is 2.32. The number of hydrogen-bond acceptors (Lipinski definition) is 11. The number of nitrogen functional groups attached to an aromatic ring is 1. The number of nitrogens with two attached hydrogens (primary N) is 1. The normalized spacial score (nSPS) is 12.9. The summed E-state index contributed by atoms with van der Waals surface area (Å²) < 4.78 is 18.6. The van der Waals surface area contributed by atoms with E-state index in [2.05, 4.69) is 60.3 Å². The van der Waals surface area contributed by atoms with E-state index in [0.717, 1.165) is 33.4 Å². The number of nitrogens with zero attached hydrogens (tertiary/aromatic N) is 5. The predicted octanol–water partition coefficient (Wildman–Crippen LogP) is 5.96. The SMILES string of the molecule is COc1cc(C)c(C[C@H](NC(=O)[C@@H](CCCn2ccnc2N)NC(=O)OC(C)(C)C)C(=O)N[C@@H](Cc2c[nH]cn2)c2nc(Cc3ccc(-c4ccccc4)cc3)no2)c(C)c1. The topological polar surface area (TPSA) is 217 Å². The van der Waals surface area contributed by atoms with Gasteiger partial charge in [-0.15, -0.1) is 0 Å². The average Bonchev–Trinajstić information content (AvgIpc) is 4.01. The second-order valence-electron chi connectivity index (χ2n) is 15.9. The molecule has 3 aromatic carbocycles. The highest BCUT2D eigenvalue weighted by atomic mass is 16.6. The number of aromatic amines is 1. The molecule has 6 aromatic rings. The molecule has 0 unspecified atom stereocenters. The maximum atomic E-state index is 14.6. The van der Waals surface area contributed by atoms with E-state index in [4.69, 9.17) is 24.7 Å². The fraction of sp³-hybridized carbons (Fsp3) is 0.356. The smallest absolute Gasteiger partial charge is 0.408 e. The van der Waals surface area contributed by atoms with Gasteiger partial charge in [-0.1, -0.05) is 59.8 Å². The van der Waals surface area contributed by atoms with Crippen molar-refractivity contribution in [3.63, 3.8) is 0 Å². The van der Waals surface area contributed by atoms with Crippen LogP contribution >= 0.6 is 0 Å². The number of anilines is 1. The van der Waals surface area contributed by atoms with Crippen molar-refractivity contribution in [2.45, 2.75) is 97.0 Å². The van der Waals surface area contributed by atoms with Crippen molar-refractivity contribution < 1.29 is 28.4 Å². The van der Waals surface area contributed by atoms with Gasteiger partial charge < -0.3 is 45.2 Å². The Bertz CT molecular complexity index is 2350. The molecule has 0 aliphatic carbocycles. The van der Waals surface area contributed by atoms with Gasteiger partial charge >= 0.3 is 6.09 Å². The van der Waals surface area contributed by atoms with Gasteiger partial charge in [-0.2, -0.15) is 4.98 Å². The van der Waals surface area contributed by atoms with Crippen molar-refractivity contribution in [1.82, 2.24) is 45.6 Å².